The Hall–Kier alpha value is -1.60. The van der Waals surface area contributed by atoms with Crippen LogP contribution in [0.25, 0.3) is 0 Å². The number of terminal acetylenes is 1. The molecule has 0 amide bonds. The highest BCUT2D eigenvalue weighted by Gasteiger charge is 2.16. The Morgan fingerprint density at radius 3 is 2.78 bits per heavy atom. The van der Waals surface area contributed by atoms with Crippen LogP contribution in [0.3, 0.4) is 0 Å². The van der Waals surface area contributed by atoms with E-state index in [4.69, 9.17) is 6.42 Å². The first-order chi connectivity index (χ1) is 8.63. The molecule has 0 radical (unpaired) electrons. The van der Waals surface area contributed by atoms with E-state index < -0.39 is 5.97 Å². The molecule has 0 aromatic heterocycles. The van der Waals surface area contributed by atoms with Gasteiger partial charge < -0.3 is 10.4 Å². The lowest BCUT2D eigenvalue weighted by atomic mass is 10.1. The number of aromatic carboxylic acids is 1. The highest BCUT2D eigenvalue weighted by molar-refractivity contribution is 7.99. The summed E-state index contributed by atoms with van der Waals surface area (Å²) in [5, 5.41) is 12.4. The molecule has 3 nitrogen and oxygen atoms in total. The van der Waals surface area contributed by atoms with Gasteiger partial charge in [-0.2, -0.15) is 0 Å². The van der Waals surface area contributed by atoms with Gasteiger partial charge in [0.15, 0.2) is 0 Å². The van der Waals surface area contributed by atoms with E-state index in [9.17, 15) is 9.90 Å². The Balaban J connectivity index is 3.14. The molecule has 2 N–H and O–H groups in total. The number of hydrogen-bond acceptors (Lipinski definition) is 3. The number of rotatable bonds is 6. The third-order valence-corrected chi connectivity index (χ3v) is 3.42. The number of anilines is 1. The van der Waals surface area contributed by atoms with Gasteiger partial charge >= 0.3 is 5.97 Å². The van der Waals surface area contributed by atoms with Crippen molar-refractivity contribution < 1.29 is 9.90 Å². The second kappa shape index (κ2) is 6.97. The summed E-state index contributed by atoms with van der Waals surface area (Å²) in [6.07, 6.45) is 6.14. The summed E-state index contributed by atoms with van der Waals surface area (Å²) >= 11 is 1.51. The fourth-order valence-electron chi connectivity index (χ4n) is 1.60. The maximum absolute atomic E-state index is 11.4. The third-order valence-electron chi connectivity index (χ3n) is 2.48. The zero-order valence-electron chi connectivity index (χ0n) is 10.6. The van der Waals surface area contributed by atoms with Crippen LogP contribution in [0.4, 0.5) is 5.69 Å². The fourth-order valence-corrected chi connectivity index (χ4v) is 2.42. The summed E-state index contributed by atoms with van der Waals surface area (Å²) in [6, 6.07) is 5.27. The molecule has 1 aromatic carbocycles. The van der Waals surface area contributed by atoms with Crippen LogP contribution in [0, 0.1) is 12.3 Å². The number of carbonyl (C=O) groups is 1. The van der Waals surface area contributed by atoms with Gasteiger partial charge in [-0.3, -0.25) is 0 Å². The average molecular weight is 263 g/mol. The van der Waals surface area contributed by atoms with Gasteiger partial charge in [0.1, 0.15) is 0 Å². The summed E-state index contributed by atoms with van der Waals surface area (Å²) in [5.41, 5.74) is 0.892. The average Bonchev–Trinajstić information content (AvgIpc) is 2.36. The summed E-state index contributed by atoms with van der Waals surface area (Å²) in [4.78, 5) is 12.1. The van der Waals surface area contributed by atoms with Crippen LogP contribution in [0.2, 0.25) is 0 Å². The van der Waals surface area contributed by atoms with Crippen molar-refractivity contribution in [3.05, 3.63) is 23.8 Å². The first kappa shape index (κ1) is 14.5. The first-order valence-corrected chi connectivity index (χ1v) is 6.84. The van der Waals surface area contributed by atoms with E-state index in [2.05, 4.69) is 11.2 Å². The number of benzene rings is 1. The van der Waals surface area contributed by atoms with Crippen molar-refractivity contribution in [3.8, 4) is 12.3 Å². The van der Waals surface area contributed by atoms with Crippen LogP contribution in [0.5, 0.6) is 0 Å². The second-order valence-corrected chi connectivity index (χ2v) is 4.99. The van der Waals surface area contributed by atoms with Gasteiger partial charge in [0.2, 0.25) is 0 Å². The van der Waals surface area contributed by atoms with Crippen molar-refractivity contribution in [2.75, 3.05) is 11.1 Å². The number of nitrogens with one attached hydrogen (secondary N) is 1. The minimum Gasteiger partial charge on any atom is -0.478 e. The topological polar surface area (TPSA) is 49.3 Å². The Morgan fingerprint density at radius 2 is 2.28 bits per heavy atom. The van der Waals surface area contributed by atoms with Crippen LogP contribution in [0.1, 0.15) is 30.6 Å². The molecule has 0 aliphatic heterocycles. The largest absolute Gasteiger partial charge is 0.478 e. The molecule has 0 heterocycles. The molecule has 0 spiro atoms. The maximum Gasteiger partial charge on any atom is 0.338 e. The second-order valence-electron chi connectivity index (χ2n) is 3.69. The van der Waals surface area contributed by atoms with Crippen molar-refractivity contribution in [3.63, 3.8) is 0 Å². The van der Waals surface area contributed by atoms with Crippen molar-refractivity contribution in [1.82, 2.24) is 0 Å². The van der Waals surface area contributed by atoms with Gasteiger partial charge in [0, 0.05) is 4.90 Å². The Labute approximate surface area is 112 Å². The van der Waals surface area contributed by atoms with E-state index in [-0.39, 0.29) is 6.04 Å². The molecule has 18 heavy (non-hydrogen) atoms. The highest BCUT2D eigenvalue weighted by atomic mass is 32.2. The lowest BCUT2D eigenvalue weighted by molar-refractivity contribution is 0.0694. The molecule has 0 bridgehead atoms. The lowest BCUT2D eigenvalue weighted by Crippen LogP contribution is -2.18. The van der Waals surface area contributed by atoms with Crippen LogP contribution >= 0.6 is 11.8 Å². The minimum atomic E-state index is -0.930. The van der Waals surface area contributed by atoms with Gasteiger partial charge in [-0.1, -0.05) is 25.8 Å². The lowest BCUT2D eigenvalue weighted by Gasteiger charge is -2.16. The van der Waals surface area contributed by atoms with E-state index in [1.807, 2.05) is 26.0 Å². The molecule has 1 aromatic rings. The van der Waals surface area contributed by atoms with Crippen molar-refractivity contribution in [2.45, 2.75) is 31.2 Å². The molecule has 0 aliphatic carbocycles. The number of hydrogen-bond donors (Lipinski definition) is 2. The molecular weight excluding hydrogens is 246 g/mol. The monoisotopic (exact) mass is 263 g/mol. The van der Waals surface area contributed by atoms with Gasteiger partial charge in [0.05, 0.1) is 17.3 Å². The van der Waals surface area contributed by atoms with Gasteiger partial charge in [0.25, 0.3) is 0 Å². The zero-order chi connectivity index (χ0) is 13.5. The van der Waals surface area contributed by atoms with Crippen molar-refractivity contribution in [1.29, 1.82) is 0 Å². The molecule has 0 aliphatic rings. The first-order valence-electron chi connectivity index (χ1n) is 5.85. The van der Waals surface area contributed by atoms with E-state index in [0.717, 1.165) is 17.1 Å². The highest BCUT2D eigenvalue weighted by Crippen LogP contribution is 2.29. The normalized spacial score (nSPS) is 11.6. The maximum atomic E-state index is 11.4. The summed E-state index contributed by atoms with van der Waals surface area (Å²) in [7, 11) is 0. The Bertz CT molecular complexity index is 465. The summed E-state index contributed by atoms with van der Waals surface area (Å²) in [5.74, 6) is 2.51. The SMILES string of the molecule is C#CC(CC)Nc1cccc(SCC)c1C(=O)O. The molecule has 1 atom stereocenters. The van der Waals surface area contributed by atoms with Crippen LogP contribution in [0.15, 0.2) is 23.1 Å². The Morgan fingerprint density at radius 1 is 1.56 bits per heavy atom. The van der Waals surface area contributed by atoms with Gasteiger partial charge in [-0.25, -0.2) is 4.79 Å². The molecule has 96 valence electrons. The fraction of sp³-hybridized carbons (Fsp3) is 0.357. The number of carboxylic acids is 1. The summed E-state index contributed by atoms with van der Waals surface area (Å²) < 4.78 is 0. The van der Waals surface area contributed by atoms with Crippen LogP contribution in [-0.2, 0) is 0 Å². The Kier molecular flexibility index (Phi) is 5.60. The molecular formula is C14H17NO2S. The molecule has 1 rings (SSSR count). The predicted octanol–water partition coefficient (Wildman–Crippen LogP) is 3.32. The van der Waals surface area contributed by atoms with E-state index in [1.54, 1.807) is 6.07 Å². The third kappa shape index (κ3) is 3.44. The molecule has 4 heteroatoms. The van der Waals surface area contributed by atoms with Gasteiger partial charge in [-0.05, 0) is 24.3 Å². The zero-order valence-corrected chi connectivity index (χ0v) is 11.4. The van der Waals surface area contributed by atoms with Crippen LogP contribution < -0.4 is 5.32 Å². The summed E-state index contributed by atoms with van der Waals surface area (Å²) in [6.45, 7) is 3.95. The quantitative estimate of drug-likeness (QED) is 0.610. The van der Waals surface area contributed by atoms with E-state index in [0.29, 0.717) is 11.3 Å². The van der Waals surface area contributed by atoms with E-state index >= 15 is 0 Å². The van der Waals surface area contributed by atoms with Crippen LogP contribution in [-0.4, -0.2) is 22.9 Å². The number of thioether (sulfide) groups is 1. The minimum absolute atomic E-state index is 0.148. The molecule has 0 saturated carbocycles. The molecule has 1 unspecified atom stereocenters. The predicted molar refractivity (Wildman–Crippen MR) is 76.3 cm³/mol. The smallest absolute Gasteiger partial charge is 0.338 e. The standard InChI is InChI=1S/C14H17NO2S/c1-4-10(5-2)15-11-8-7-9-12(18-6-3)13(11)14(16)17/h1,7-10,15H,5-6H2,2-3H3,(H,16,17). The van der Waals surface area contributed by atoms with E-state index in [1.165, 1.54) is 11.8 Å². The van der Waals surface area contributed by atoms with Crippen molar-refractivity contribution >= 4 is 23.4 Å². The molecule has 0 saturated heterocycles. The molecule has 0 fully saturated rings. The van der Waals surface area contributed by atoms with Gasteiger partial charge in [-0.15, -0.1) is 18.2 Å². The number of carboxylic acid groups (broad SMARTS) is 1. The van der Waals surface area contributed by atoms with Crippen molar-refractivity contribution in [2.24, 2.45) is 0 Å².